The molecule has 0 aliphatic rings. The summed E-state index contributed by atoms with van der Waals surface area (Å²) in [5.41, 5.74) is 2.50. The van der Waals surface area contributed by atoms with Crippen molar-refractivity contribution in [3.8, 4) is 5.75 Å². The van der Waals surface area contributed by atoms with Gasteiger partial charge in [-0.2, -0.15) is 0 Å². The molecule has 4 heteroatoms. The van der Waals surface area contributed by atoms with Crippen LogP contribution in [0.1, 0.15) is 30.5 Å². The number of ether oxygens (including phenoxy) is 1. The van der Waals surface area contributed by atoms with Gasteiger partial charge in [0.05, 0.1) is 13.2 Å². The van der Waals surface area contributed by atoms with Crippen molar-refractivity contribution in [2.45, 2.75) is 19.4 Å². The molecule has 0 saturated carbocycles. The fraction of sp³-hybridized carbons (Fsp3) is 0.294. The van der Waals surface area contributed by atoms with E-state index in [9.17, 15) is 0 Å². The molecule has 1 N–H and O–H groups in total. The van der Waals surface area contributed by atoms with Crippen LogP contribution in [0.25, 0.3) is 0 Å². The number of methoxy groups -OCH3 is 1. The zero-order valence-electron chi connectivity index (χ0n) is 12.2. The Morgan fingerprint density at radius 1 is 1.19 bits per heavy atom. The Bertz CT molecular complexity index is 586. The fourth-order valence-corrected chi connectivity index (χ4v) is 3.17. The van der Waals surface area contributed by atoms with Gasteiger partial charge in [-0.05, 0) is 70.9 Å². The SMILES string of the molecule is CCCNC(c1ccc(I)cc1)c1ccc(OC)cc1Br. The molecule has 0 spiro atoms. The molecule has 2 rings (SSSR count). The molecule has 21 heavy (non-hydrogen) atoms. The lowest BCUT2D eigenvalue weighted by molar-refractivity contribution is 0.414. The summed E-state index contributed by atoms with van der Waals surface area (Å²) in [5.74, 6) is 0.863. The maximum Gasteiger partial charge on any atom is 0.120 e. The van der Waals surface area contributed by atoms with Gasteiger partial charge in [0.1, 0.15) is 5.75 Å². The summed E-state index contributed by atoms with van der Waals surface area (Å²) in [6, 6.07) is 15.0. The summed E-state index contributed by atoms with van der Waals surface area (Å²) in [6.45, 7) is 3.16. The van der Waals surface area contributed by atoms with Crippen molar-refractivity contribution in [3.05, 3.63) is 61.6 Å². The van der Waals surface area contributed by atoms with Gasteiger partial charge in [-0.25, -0.2) is 0 Å². The summed E-state index contributed by atoms with van der Waals surface area (Å²) in [5, 5.41) is 3.63. The number of nitrogens with one attached hydrogen (secondary N) is 1. The van der Waals surface area contributed by atoms with Gasteiger partial charge in [0, 0.05) is 8.04 Å². The van der Waals surface area contributed by atoms with Crippen LogP contribution in [0.4, 0.5) is 0 Å². The minimum Gasteiger partial charge on any atom is -0.497 e. The second-order valence-electron chi connectivity index (χ2n) is 4.83. The Hall–Kier alpha value is -0.590. The van der Waals surface area contributed by atoms with Crippen LogP contribution in [0, 0.1) is 3.57 Å². The molecule has 2 aromatic carbocycles. The first-order chi connectivity index (χ1) is 10.2. The molecule has 0 bridgehead atoms. The third kappa shape index (κ3) is 4.44. The average Bonchev–Trinajstić information content (AvgIpc) is 2.50. The van der Waals surface area contributed by atoms with Crippen LogP contribution in [0.2, 0.25) is 0 Å². The monoisotopic (exact) mass is 459 g/mol. The van der Waals surface area contributed by atoms with E-state index in [-0.39, 0.29) is 6.04 Å². The van der Waals surface area contributed by atoms with Crippen molar-refractivity contribution < 1.29 is 4.74 Å². The third-order valence-corrected chi connectivity index (χ3v) is 4.73. The van der Waals surface area contributed by atoms with Crippen LogP contribution in [0.15, 0.2) is 46.9 Å². The molecule has 0 fully saturated rings. The predicted octanol–water partition coefficient (Wildman–Crippen LogP) is 5.15. The van der Waals surface area contributed by atoms with Gasteiger partial charge >= 0.3 is 0 Å². The van der Waals surface area contributed by atoms with Gasteiger partial charge in [0.25, 0.3) is 0 Å². The third-order valence-electron chi connectivity index (χ3n) is 3.32. The number of rotatable bonds is 6. The maximum atomic E-state index is 5.28. The van der Waals surface area contributed by atoms with Crippen LogP contribution in [0.3, 0.4) is 0 Å². The number of hydrogen-bond donors (Lipinski definition) is 1. The van der Waals surface area contributed by atoms with Gasteiger partial charge in [-0.15, -0.1) is 0 Å². The summed E-state index contributed by atoms with van der Waals surface area (Å²) in [7, 11) is 1.69. The van der Waals surface area contributed by atoms with Crippen molar-refractivity contribution in [2.75, 3.05) is 13.7 Å². The predicted molar refractivity (Wildman–Crippen MR) is 100.0 cm³/mol. The molecule has 0 saturated heterocycles. The summed E-state index contributed by atoms with van der Waals surface area (Å²) in [4.78, 5) is 0. The average molecular weight is 460 g/mol. The zero-order valence-corrected chi connectivity index (χ0v) is 15.9. The van der Waals surface area contributed by atoms with Gasteiger partial charge in [0.15, 0.2) is 0 Å². The lowest BCUT2D eigenvalue weighted by atomic mass is 9.98. The minimum atomic E-state index is 0.183. The molecule has 1 unspecified atom stereocenters. The highest BCUT2D eigenvalue weighted by Gasteiger charge is 2.16. The van der Waals surface area contributed by atoms with E-state index in [0.717, 1.165) is 23.2 Å². The van der Waals surface area contributed by atoms with Gasteiger partial charge in [-0.3, -0.25) is 0 Å². The van der Waals surface area contributed by atoms with Crippen molar-refractivity contribution in [3.63, 3.8) is 0 Å². The zero-order chi connectivity index (χ0) is 15.2. The molecule has 0 amide bonds. The highest BCUT2D eigenvalue weighted by atomic mass is 127. The highest BCUT2D eigenvalue weighted by molar-refractivity contribution is 14.1. The van der Waals surface area contributed by atoms with E-state index in [1.165, 1.54) is 14.7 Å². The Morgan fingerprint density at radius 2 is 1.90 bits per heavy atom. The molecule has 0 aromatic heterocycles. The number of halogens is 2. The Kier molecular flexibility index (Phi) is 6.51. The quantitative estimate of drug-likeness (QED) is 0.603. The standard InChI is InChI=1S/C17H19BrINO/c1-3-10-20-17(12-4-6-13(19)7-5-12)15-9-8-14(21-2)11-16(15)18/h4-9,11,17,20H,3,10H2,1-2H3. The first kappa shape index (κ1) is 16.8. The molecule has 0 radical (unpaired) electrons. The van der Waals surface area contributed by atoms with Gasteiger partial charge in [0.2, 0.25) is 0 Å². The molecule has 0 aliphatic heterocycles. The van der Waals surface area contributed by atoms with E-state index in [1.807, 2.05) is 12.1 Å². The molecule has 1 atom stereocenters. The maximum absolute atomic E-state index is 5.28. The highest BCUT2D eigenvalue weighted by Crippen LogP contribution is 2.31. The lowest BCUT2D eigenvalue weighted by Gasteiger charge is -2.21. The van der Waals surface area contributed by atoms with E-state index in [1.54, 1.807) is 7.11 Å². The molecule has 2 aromatic rings. The molecule has 2 nitrogen and oxygen atoms in total. The van der Waals surface area contributed by atoms with Gasteiger partial charge < -0.3 is 10.1 Å². The summed E-state index contributed by atoms with van der Waals surface area (Å²) in [6.07, 6.45) is 1.11. The molecule has 0 aliphatic carbocycles. The van der Waals surface area contributed by atoms with Crippen LogP contribution in [0.5, 0.6) is 5.75 Å². The largest absolute Gasteiger partial charge is 0.497 e. The molecular formula is C17H19BrINO. The van der Waals surface area contributed by atoms with E-state index >= 15 is 0 Å². The van der Waals surface area contributed by atoms with E-state index < -0.39 is 0 Å². The number of hydrogen-bond acceptors (Lipinski definition) is 2. The van der Waals surface area contributed by atoms with Crippen LogP contribution < -0.4 is 10.1 Å². The van der Waals surface area contributed by atoms with Crippen molar-refractivity contribution >= 4 is 38.5 Å². The van der Waals surface area contributed by atoms with E-state index in [2.05, 4.69) is 81.1 Å². The smallest absolute Gasteiger partial charge is 0.120 e. The topological polar surface area (TPSA) is 21.3 Å². The Morgan fingerprint density at radius 3 is 2.48 bits per heavy atom. The second-order valence-corrected chi connectivity index (χ2v) is 6.93. The lowest BCUT2D eigenvalue weighted by Crippen LogP contribution is -2.23. The number of benzene rings is 2. The molecule has 0 heterocycles. The fourth-order valence-electron chi connectivity index (χ4n) is 2.22. The normalized spacial score (nSPS) is 12.2. The molecule has 112 valence electrons. The van der Waals surface area contributed by atoms with Crippen molar-refractivity contribution in [1.29, 1.82) is 0 Å². The van der Waals surface area contributed by atoms with Crippen LogP contribution in [-0.2, 0) is 0 Å². The van der Waals surface area contributed by atoms with E-state index in [0.29, 0.717) is 0 Å². The van der Waals surface area contributed by atoms with Crippen molar-refractivity contribution in [2.24, 2.45) is 0 Å². The Labute approximate surface area is 148 Å². The summed E-state index contributed by atoms with van der Waals surface area (Å²) >= 11 is 6.00. The van der Waals surface area contributed by atoms with E-state index in [4.69, 9.17) is 4.74 Å². The van der Waals surface area contributed by atoms with Crippen LogP contribution >= 0.6 is 38.5 Å². The first-order valence-electron chi connectivity index (χ1n) is 6.98. The van der Waals surface area contributed by atoms with Gasteiger partial charge in [-0.1, -0.05) is 41.1 Å². The Balaban J connectivity index is 2.37. The van der Waals surface area contributed by atoms with Crippen LogP contribution in [-0.4, -0.2) is 13.7 Å². The molecular weight excluding hydrogens is 441 g/mol. The minimum absolute atomic E-state index is 0.183. The first-order valence-corrected chi connectivity index (χ1v) is 8.85. The second kappa shape index (κ2) is 8.15. The van der Waals surface area contributed by atoms with Crippen molar-refractivity contribution in [1.82, 2.24) is 5.32 Å². The summed E-state index contributed by atoms with van der Waals surface area (Å²) < 4.78 is 7.59.